The fourth-order valence-electron chi connectivity index (χ4n) is 2.39. The van der Waals surface area contributed by atoms with E-state index in [1.54, 1.807) is 6.07 Å². The summed E-state index contributed by atoms with van der Waals surface area (Å²) in [5, 5.41) is 3.30. The number of hydrogen-bond acceptors (Lipinski definition) is 2. The Balaban J connectivity index is 2.26. The second kappa shape index (κ2) is 4.97. The zero-order valence-electron chi connectivity index (χ0n) is 13.1. The monoisotopic (exact) mass is 272 g/mol. The van der Waals surface area contributed by atoms with Gasteiger partial charge < -0.3 is 9.88 Å². The highest BCUT2D eigenvalue weighted by atomic mass is 16.1. The minimum atomic E-state index is -0.00103. The van der Waals surface area contributed by atoms with Crippen molar-refractivity contribution in [1.82, 2.24) is 9.88 Å². The van der Waals surface area contributed by atoms with Crippen LogP contribution in [-0.2, 0) is 13.1 Å². The molecule has 1 aromatic heterocycles. The van der Waals surface area contributed by atoms with Crippen LogP contribution in [0.1, 0.15) is 44.6 Å². The average Bonchev–Trinajstić information content (AvgIpc) is 2.68. The van der Waals surface area contributed by atoms with Crippen molar-refractivity contribution in [3.8, 4) is 0 Å². The molecule has 0 radical (unpaired) electrons. The normalized spacial score (nSPS) is 13.9. The highest BCUT2D eigenvalue weighted by molar-refractivity contribution is 5.54. The first kappa shape index (κ1) is 14.6. The molecule has 3 nitrogen and oxygen atoms in total. The molecule has 1 N–H and O–H groups in total. The van der Waals surface area contributed by atoms with Gasteiger partial charge in [-0.2, -0.15) is 0 Å². The number of fused-ring (bicyclic) bond motifs is 1. The molecule has 0 bridgehead atoms. The van der Waals surface area contributed by atoms with Crippen LogP contribution in [0.3, 0.4) is 0 Å². The molecule has 1 aromatic rings. The van der Waals surface area contributed by atoms with Crippen molar-refractivity contribution in [2.24, 2.45) is 5.41 Å². The standard InChI is InChI=1S/C17H24N2O/c1-11-7-14-8-16(20)15(12(2)19(14)10-11)9-18-13(3)17(4,5)6/h7-8,18H,3,9-10H2,1-2,4-6H3. The number of rotatable bonds is 3. The molecule has 0 saturated carbocycles. The predicted octanol–water partition coefficient (Wildman–Crippen LogP) is 3.22. The highest BCUT2D eigenvalue weighted by Crippen LogP contribution is 2.23. The van der Waals surface area contributed by atoms with E-state index in [1.165, 1.54) is 5.57 Å². The third-order valence-corrected chi connectivity index (χ3v) is 3.92. The van der Waals surface area contributed by atoms with E-state index in [0.717, 1.165) is 29.2 Å². The maximum atomic E-state index is 12.3. The molecule has 0 fully saturated rings. The Labute approximate surface area is 121 Å². The van der Waals surface area contributed by atoms with Gasteiger partial charge in [0.15, 0.2) is 5.43 Å². The van der Waals surface area contributed by atoms with Crippen LogP contribution < -0.4 is 10.7 Å². The number of allylic oxidation sites excluding steroid dienone is 2. The fourth-order valence-corrected chi connectivity index (χ4v) is 2.39. The largest absolute Gasteiger partial charge is 0.384 e. The zero-order chi connectivity index (χ0) is 15.1. The average molecular weight is 272 g/mol. The van der Waals surface area contributed by atoms with Gasteiger partial charge in [-0.3, -0.25) is 4.79 Å². The van der Waals surface area contributed by atoms with Crippen LogP contribution in [0.2, 0.25) is 0 Å². The van der Waals surface area contributed by atoms with E-state index in [9.17, 15) is 4.79 Å². The van der Waals surface area contributed by atoms with Crippen LogP contribution >= 0.6 is 0 Å². The Morgan fingerprint density at radius 3 is 2.65 bits per heavy atom. The van der Waals surface area contributed by atoms with Crippen LogP contribution in [0, 0.1) is 12.3 Å². The van der Waals surface area contributed by atoms with Gasteiger partial charge in [-0.15, -0.1) is 0 Å². The molecule has 0 spiro atoms. The van der Waals surface area contributed by atoms with Gasteiger partial charge in [0.05, 0.1) is 0 Å². The first-order valence-electron chi connectivity index (χ1n) is 7.04. The van der Waals surface area contributed by atoms with E-state index in [-0.39, 0.29) is 10.8 Å². The molecular weight excluding hydrogens is 248 g/mol. The van der Waals surface area contributed by atoms with Gasteiger partial charge in [0.1, 0.15) is 0 Å². The van der Waals surface area contributed by atoms with Crippen molar-refractivity contribution in [3.63, 3.8) is 0 Å². The third kappa shape index (κ3) is 2.72. The maximum Gasteiger partial charge on any atom is 0.187 e. The first-order chi connectivity index (χ1) is 9.20. The molecular formula is C17H24N2O. The van der Waals surface area contributed by atoms with Gasteiger partial charge in [0, 0.05) is 47.2 Å². The number of nitrogens with zero attached hydrogens (tertiary/aromatic N) is 1. The van der Waals surface area contributed by atoms with Gasteiger partial charge in [0.25, 0.3) is 0 Å². The molecule has 2 heterocycles. The third-order valence-electron chi connectivity index (χ3n) is 3.92. The summed E-state index contributed by atoms with van der Waals surface area (Å²) >= 11 is 0. The zero-order valence-corrected chi connectivity index (χ0v) is 13.1. The Hall–Kier alpha value is -1.77. The van der Waals surface area contributed by atoms with E-state index in [4.69, 9.17) is 0 Å². The fraction of sp³-hybridized carbons (Fsp3) is 0.471. The summed E-state index contributed by atoms with van der Waals surface area (Å²) < 4.78 is 2.20. The topological polar surface area (TPSA) is 34.0 Å². The summed E-state index contributed by atoms with van der Waals surface area (Å²) in [4.78, 5) is 12.3. The lowest BCUT2D eigenvalue weighted by atomic mass is 9.93. The van der Waals surface area contributed by atoms with Crippen LogP contribution in [0.5, 0.6) is 0 Å². The molecule has 20 heavy (non-hydrogen) atoms. The van der Waals surface area contributed by atoms with Gasteiger partial charge in [-0.25, -0.2) is 0 Å². The van der Waals surface area contributed by atoms with Crippen molar-refractivity contribution in [3.05, 3.63) is 51.1 Å². The Bertz CT molecular complexity index is 642. The first-order valence-corrected chi connectivity index (χ1v) is 7.04. The summed E-state index contributed by atoms with van der Waals surface area (Å²) in [6, 6.07) is 1.74. The number of pyridine rings is 1. The van der Waals surface area contributed by atoms with Crippen LogP contribution in [-0.4, -0.2) is 4.57 Å². The van der Waals surface area contributed by atoms with Gasteiger partial charge >= 0.3 is 0 Å². The van der Waals surface area contributed by atoms with Crippen LogP contribution in [0.15, 0.2) is 28.7 Å². The summed E-state index contributed by atoms with van der Waals surface area (Å²) in [5.41, 5.74) is 5.25. The van der Waals surface area contributed by atoms with E-state index in [0.29, 0.717) is 6.54 Å². The minimum absolute atomic E-state index is 0.00103. The molecule has 0 saturated heterocycles. The molecule has 0 aromatic carbocycles. The molecule has 0 atom stereocenters. The molecule has 3 heteroatoms. The molecule has 2 rings (SSSR count). The number of aromatic nitrogens is 1. The van der Waals surface area contributed by atoms with Gasteiger partial charge in [-0.05, 0) is 19.9 Å². The number of hydrogen-bond donors (Lipinski definition) is 1. The minimum Gasteiger partial charge on any atom is -0.384 e. The lowest BCUT2D eigenvalue weighted by Gasteiger charge is -2.24. The molecule has 1 aliphatic heterocycles. The molecule has 0 unspecified atom stereocenters. The second-order valence-electron chi connectivity index (χ2n) is 6.66. The van der Waals surface area contributed by atoms with Crippen molar-refractivity contribution in [1.29, 1.82) is 0 Å². The van der Waals surface area contributed by atoms with Crippen molar-refractivity contribution >= 4 is 6.08 Å². The van der Waals surface area contributed by atoms with E-state index in [1.807, 2.05) is 6.92 Å². The Morgan fingerprint density at radius 1 is 1.40 bits per heavy atom. The maximum absolute atomic E-state index is 12.3. The lowest BCUT2D eigenvalue weighted by Crippen LogP contribution is -2.27. The van der Waals surface area contributed by atoms with Crippen LogP contribution in [0.4, 0.5) is 0 Å². The summed E-state index contributed by atoms with van der Waals surface area (Å²) in [6.45, 7) is 15.9. The Kier molecular flexibility index (Phi) is 3.63. The van der Waals surface area contributed by atoms with Crippen molar-refractivity contribution in [2.45, 2.75) is 47.7 Å². The SMILES string of the molecule is C=C(NCc1c(C)n2c(cc1=O)C=C(C)C2)C(C)(C)C. The molecule has 0 aliphatic carbocycles. The Morgan fingerprint density at radius 2 is 2.05 bits per heavy atom. The quantitative estimate of drug-likeness (QED) is 0.916. The van der Waals surface area contributed by atoms with E-state index < -0.39 is 0 Å². The van der Waals surface area contributed by atoms with E-state index in [2.05, 4.69) is 50.2 Å². The molecule has 108 valence electrons. The van der Waals surface area contributed by atoms with Gasteiger partial charge in [0.2, 0.25) is 0 Å². The van der Waals surface area contributed by atoms with Crippen LogP contribution in [0.25, 0.3) is 6.08 Å². The van der Waals surface area contributed by atoms with Crippen molar-refractivity contribution < 1.29 is 0 Å². The highest BCUT2D eigenvalue weighted by Gasteiger charge is 2.18. The van der Waals surface area contributed by atoms with E-state index >= 15 is 0 Å². The smallest absolute Gasteiger partial charge is 0.187 e. The summed E-state index contributed by atoms with van der Waals surface area (Å²) in [6.07, 6.45) is 2.08. The predicted molar refractivity (Wildman–Crippen MR) is 84.5 cm³/mol. The summed E-state index contributed by atoms with van der Waals surface area (Å²) in [5.74, 6) is 0. The number of nitrogens with one attached hydrogen (secondary N) is 1. The summed E-state index contributed by atoms with van der Waals surface area (Å²) in [7, 11) is 0. The molecule has 1 aliphatic rings. The molecule has 0 amide bonds. The lowest BCUT2D eigenvalue weighted by molar-refractivity contribution is 0.460. The van der Waals surface area contributed by atoms with Gasteiger partial charge in [-0.1, -0.05) is 32.9 Å². The second-order valence-corrected chi connectivity index (χ2v) is 6.66. The van der Waals surface area contributed by atoms with Crippen molar-refractivity contribution in [2.75, 3.05) is 0 Å².